The van der Waals surface area contributed by atoms with Crippen LogP contribution in [0.5, 0.6) is 0 Å². The van der Waals surface area contributed by atoms with Crippen molar-refractivity contribution in [2.75, 3.05) is 19.6 Å². The normalized spacial score (nSPS) is 22.8. The first-order valence-corrected chi connectivity index (χ1v) is 6.79. The van der Waals surface area contributed by atoms with Crippen LogP contribution in [0.15, 0.2) is 30.3 Å². The fraction of sp³-hybridized carbons (Fsp3) is 0.600. The van der Waals surface area contributed by atoms with Gasteiger partial charge in [-0.05, 0) is 30.9 Å². The van der Waals surface area contributed by atoms with Gasteiger partial charge in [-0.2, -0.15) is 0 Å². The molecule has 1 aliphatic heterocycles. The second-order valence-corrected chi connectivity index (χ2v) is 5.27. The second kappa shape index (κ2) is 6.18. The third-order valence-electron chi connectivity index (χ3n) is 3.78. The quantitative estimate of drug-likeness (QED) is 0.844. The van der Waals surface area contributed by atoms with E-state index < -0.39 is 0 Å². The summed E-state index contributed by atoms with van der Waals surface area (Å²) >= 11 is 0. The maximum absolute atomic E-state index is 6.23. The summed E-state index contributed by atoms with van der Waals surface area (Å²) in [7, 11) is 0. The van der Waals surface area contributed by atoms with Gasteiger partial charge < -0.3 is 10.6 Å². The lowest BCUT2D eigenvalue weighted by Gasteiger charge is -2.20. The number of hydrogen-bond acceptors (Lipinski definition) is 2. The number of rotatable bonds is 5. The van der Waals surface area contributed by atoms with Gasteiger partial charge >= 0.3 is 0 Å². The lowest BCUT2D eigenvalue weighted by Crippen LogP contribution is -2.37. The minimum absolute atomic E-state index is 0.271. The Morgan fingerprint density at radius 3 is 2.76 bits per heavy atom. The summed E-state index contributed by atoms with van der Waals surface area (Å²) in [4.78, 5) is 2.53. The number of nitrogens with zero attached hydrogens (tertiary/aromatic N) is 1. The molecule has 17 heavy (non-hydrogen) atoms. The smallest absolute Gasteiger partial charge is 0.0208 e. The highest BCUT2D eigenvalue weighted by Crippen LogP contribution is 2.19. The van der Waals surface area contributed by atoms with Crippen molar-refractivity contribution in [2.45, 2.75) is 32.2 Å². The molecule has 1 heterocycles. The van der Waals surface area contributed by atoms with Gasteiger partial charge in [0.2, 0.25) is 0 Å². The minimum atomic E-state index is 0.271. The third kappa shape index (κ3) is 3.83. The zero-order chi connectivity index (χ0) is 12.1. The Labute approximate surface area is 105 Å². The summed E-state index contributed by atoms with van der Waals surface area (Å²) in [6.45, 7) is 5.82. The molecule has 2 N–H and O–H groups in total. The maximum Gasteiger partial charge on any atom is 0.0208 e. The van der Waals surface area contributed by atoms with Crippen LogP contribution in [0.2, 0.25) is 0 Å². The van der Waals surface area contributed by atoms with Crippen LogP contribution in [0.25, 0.3) is 0 Å². The molecule has 0 spiro atoms. The predicted molar refractivity (Wildman–Crippen MR) is 73.0 cm³/mol. The lowest BCUT2D eigenvalue weighted by molar-refractivity contribution is 0.299. The zero-order valence-electron chi connectivity index (χ0n) is 10.8. The van der Waals surface area contributed by atoms with Gasteiger partial charge in [0.15, 0.2) is 0 Å². The first-order chi connectivity index (χ1) is 8.28. The average Bonchev–Trinajstić information content (AvgIpc) is 2.78. The monoisotopic (exact) mass is 232 g/mol. The topological polar surface area (TPSA) is 29.3 Å². The zero-order valence-corrected chi connectivity index (χ0v) is 10.8. The Morgan fingerprint density at radius 2 is 2.12 bits per heavy atom. The van der Waals surface area contributed by atoms with Crippen molar-refractivity contribution in [1.82, 2.24) is 4.90 Å². The van der Waals surface area contributed by atoms with E-state index in [2.05, 4.69) is 42.2 Å². The van der Waals surface area contributed by atoms with E-state index >= 15 is 0 Å². The molecule has 0 amide bonds. The molecule has 0 aromatic heterocycles. The molecule has 2 unspecified atom stereocenters. The van der Waals surface area contributed by atoms with Gasteiger partial charge in [-0.25, -0.2) is 0 Å². The summed E-state index contributed by atoms with van der Waals surface area (Å²) in [5.74, 6) is 0.902. The van der Waals surface area contributed by atoms with Crippen LogP contribution in [-0.2, 0) is 6.42 Å². The molecular weight excluding hydrogens is 208 g/mol. The van der Waals surface area contributed by atoms with Gasteiger partial charge in [-0.1, -0.05) is 43.7 Å². The number of hydrogen-bond donors (Lipinski definition) is 1. The van der Waals surface area contributed by atoms with Crippen molar-refractivity contribution >= 4 is 0 Å². The highest BCUT2D eigenvalue weighted by molar-refractivity contribution is 5.15. The molecule has 2 atom stereocenters. The molecule has 2 nitrogen and oxygen atoms in total. The van der Waals surface area contributed by atoms with Crippen molar-refractivity contribution < 1.29 is 0 Å². The molecule has 2 rings (SSSR count). The van der Waals surface area contributed by atoms with Crippen LogP contribution < -0.4 is 5.73 Å². The Bertz CT molecular complexity index is 323. The second-order valence-electron chi connectivity index (χ2n) is 5.27. The Kier molecular flexibility index (Phi) is 4.57. The number of nitrogens with two attached hydrogens (primary N) is 1. The van der Waals surface area contributed by atoms with Crippen molar-refractivity contribution in [2.24, 2.45) is 11.7 Å². The molecule has 1 fully saturated rings. The molecule has 2 heteroatoms. The van der Waals surface area contributed by atoms with Crippen LogP contribution in [0.4, 0.5) is 0 Å². The van der Waals surface area contributed by atoms with E-state index in [-0.39, 0.29) is 6.04 Å². The average molecular weight is 232 g/mol. The molecule has 94 valence electrons. The highest BCUT2D eigenvalue weighted by Gasteiger charge is 2.22. The Balaban J connectivity index is 1.76. The van der Waals surface area contributed by atoms with Crippen molar-refractivity contribution in [3.63, 3.8) is 0 Å². The first kappa shape index (κ1) is 12.6. The molecule has 1 aromatic rings. The molecule has 1 saturated heterocycles. The van der Waals surface area contributed by atoms with Gasteiger partial charge in [0, 0.05) is 19.1 Å². The van der Waals surface area contributed by atoms with Crippen molar-refractivity contribution in [1.29, 1.82) is 0 Å². The van der Waals surface area contributed by atoms with Crippen LogP contribution >= 0.6 is 0 Å². The van der Waals surface area contributed by atoms with E-state index in [0.717, 1.165) is 18.9 Å². The van der Waals surface area contributed by atoms with E-state index in [1.54, 1.807) is 0 Å². The summed E-state index contributed by atoms with van der Waals surface area (Å²) in [5.41, 5.74) is 7.58. The summed E-state index contributed by atoms with van der Waals surface area (Å²) in [6, 6.07) is 10.8. The molecule has 1 aliphatic rings. The largest absolute Gasteiger partial charge is 0.326 e. The van der Waals surface area contributed by atoms with Gasteiger partial charge in [0.05, 0.1) is 0 Å². The molecule has 0 radical (unpaired) electrons. The fourth-order valence-corrected chi connectivity index (χ4v) is 2.72. The van der Waals surface area contributed by atoms with Crippen molar-refractivity contribution in [3.05, 3.63) is 35.9 Å². The molecular formula is C15H24N2. The van der Waals surface area contributed by atoms with Crippen LogP contribution in [0.3, 0.4) is 0 Å². The minimum Gasteiger partial charge on any atom is -0.326 e. The summed E-state index contributed by atoms with van der Waals surface area (Å²) in [6.07, 6.45) is 3.66. The molecule has 1 aromatic carbocycles. The fourth-order valence-electron chi connectivity index (χ4n) is 2.72. The van der Waals surface area contributed by atoms with E-state index in [9.17, 15) is 0 Å². The molecule has 0 saturated carbocycles. The number of benzene rings is 1. The summed E-state index contributed by atoms with van der Waals surface area (Å²) < 4.78 is 0. The predicted octanol–water partition coefficient (Wildman–Crippen LogP) is 2.29. The van der Waals surface area contributed by atoms with Crippen LogP contribution in [-0.4, -0.2) is 30.6 Å². The van der Waals surface area contributed by atoms with Gasteiger partial charge in [0.1, 0.15) is 0 Å². The number of likely N-dealkylation sites (tertiary alicyclic amines) is 1. The standard InChI is InChI=1S/C15H24N2/c1-2-13-8-9-17(11-13)12-15(16)10-14-6-4-3-5-7-14/h3-7,13,15H,2,8-12,16H2,1H3. The molecule has 0 aliphatic carbocycles. The van der Waals surface area contributed by atoms with Crippen LogP contribution in [0, 0.1) is 5.92 Å². The Hall–Kier alpha value is -0.860. The Morgan fingerprint density at radius 1 is 1.35 bits per heavy atom. The van der Waals surface area contributed by atoms with E-state index in [4.69, 9.17) is 5.73 Å². The van der Waals surface area contributed by atoms with E-state index in [1.807, 2.05) is 0 Å². The van der Waals surface area contributed by atoms with Crippen molar-refractivity contribution in [3.8, 4) is 0 Å². The van der Waals surface area contributed by atoms with Gasteiger partial charge in [0.25, 0.3) is 0 Å². The lowest BCUT2D eigenvalue weighted by atomic mass is 10.1. The maximum atomic E-state index is 6.23. The van der Waals surface area contributed by atoms with Gasteiger partial charge in [-0.3, -0.25) is 0 Å². The molecule has 0 bridgehead atoms. The van der Waals surface area contributed by atoms with E-state index in [0.29, 0.717) is 0 Å². The first-order valence-electron chi connectivity index (χ1n) is 6.79. The van der Waals surface area contributed by atoms with Gasteiger partial charge in [-0.15, -0.1) is 0 Å². The summed E-state index contributed by atoms with van der Waals surface area (Å²) in [5, 5.41) is 0. The highest BCUT2D eigenvalue weighted by atomic mass is 15.2. The van der Waals surface area contributed by atoms with E-state index in [1.165, 1.54) is 31.5 Å². The SMILES string of the molecule is CCC1CCN(CC(N)Cc2ccccc2)C1. The van der Waals surface area contributed by atoms with Crippen LogP contribution in [0.1, 0.15) is 25.3 Å². The third-order valence-corrected chi connectivity index (χ3v) is 3.78.